The van der Waals surface area contributed by atoms with Gasteiger partial charge in [0.2, 0.25) is 0 Å². The Bertz CT molecular complexity index is 3270. The molecule has 16 bridgehead atoms. The molecule has 0 amide bonds. The lowest BCUT2D eigenvalue weighted by Crippen LogP contribution is -2.38. The van der Waals surface area contributed by atoms with Gasteiger partial charge in [0.1, 0.15) is 5.54 Å². The van der Waals surface area contributed by atoms with Crippen molar-refractivity contribution in [2.24, 2.45) is 9.98 Å². The molecule has 0 radical (unpaired) electrons. The van der Waals surface area contributed by atoms with Gasteiger partial charge in [0.15, 0.2) is 0 Å². The molecule has 0 aromatic carbocycles. The topological polar surface area (TPSA) is 162 Å². The maximum Gasteiger partial charge on any atom is 0.305 e. The molecule has 322 valence electrons. The molecule has 12 nitrogen and oxygen atoms in total. The molecule has 0 fully saturated rings. The number of rotatable bonds is 6. The summed E-state index contributed by atoms with van der Waals surface area (Å²) < 4.78 is 18.2. The number of aromatic amines is 3. The summed E-state index contributed by atoms with van der Waals surface area (Å²) in [4.78, 5) is 54.2. The molecular weight excluding hydrogens is 801 g/mol. The minimum Gasteiger partial charge on any atom is -0.469 e. The predicted octanol–water partition coefficient (Wildman–Crippen LogP) is 8.14. The first kappa shape index (κ1) is 40.5. The fourth-order valence-corrected chi connectivity index (χ4v) is 9.01. The largest absolute Gasteiger partial charge is 0.469 e. The van der Waals surface area contributed by atoms with E-state index in [9.17, 15) is 9.59 Å². The lowest BCUT2D eigenvalue weighted by molar-refractivity contribution is -0.141. The highest BCUT2D eigenvalue weighted by atomic mass is 16.5. The Morgan fingerprint density at radius 1 is 0.703 bits per heavy atom. The molecule has 4 N–H and O–H groups in total. The van der Waals surface area contributed by atoms with Gasteiger partial charge in [0.05, 0.1) is 61.0 Å². The van der Waals surface area contributed by atoms with E-state index in [0.717, 1.165) is 101 Å². The molecule has 4 aromatic rings. The van der Waals surface area contributed by atoms with Gasteiger partial charge < -0.3 is 29.7 Å². The molecule has 2 unspecified atom stereocenters. The molecule has 10 heterocycles. The molecular formula is C52H50N8O4. The zero-order valence-corrected chi connectivity index (χ0v) is 36.7. The molecule has 0 saturated heterocycles. The van der Waals surface area contributed by atoms with Crippen LogP contribution in [-0.2, 0) is 19.1 Å². The average Bonchev–Trinajstić information content (AvgIpc) is 4.16. The molecule has 2 atom stereocenters. The van der Waals surface area contributed by atoms with Crippen molar-refractivity contribution in [2.45, 2.75) is 64.5 Å². The summed E-state index contributed by atoms with van der Waals surface area (Å²) >= 11 is 0. The number of nitrogens with one attached hydrogen (secondary N) is 4. The Labute approximate surface area is 372 Å². The fourth-order valence-electron chi connectivity index (χ4n) is 9.01. The van der Waals surface area contributed by atoms with E-state index in [1.54, 1.807) is 0 Å². The first-order valence-corrected chi connectivity index (χ1v) is 21.3. The second kappa shape index (κ2) is 16.9. The normalized spacial score (nSPS) is 20.6. The minimum absolute atomic E-state index is 0.181. The molecule has 12 heteroatoms. The summed E-state index contributed by atoms with van der Waals surface area (Å²) in [5.74, 6) is -0.587. The summed E-state index contributed by atoms with van der Waals surface area (Å²) in [6.07, 6.45) is 21.6. The third-order valence-corrected chi connectivity index (χ3v) is 12.1. The van der Waals surface area contributed by atoms with Crippen molar-refractivity contribution < 1.29 is 20.4 Å². The lowest BCUT2D eigenvalue weighted by atomic mass is 9.76. The predicted molar refractivity (Wildman–Crippen MR) is 256 cm³/mol. The number of esters is 2. The number of hydrogen-bond donors (Lipinski definition) is 4. The SMILES string of the molecule is COC(=O)CCC1=C(C)C2=NC1(CCC(=O)OC)C(C)=C1NC(C)(C=C3C=CC(=N3)C=c3ccc([nH]3)=C2)C=C1C.[2H]c1cc2cc3nc(cc4nc(cc5ccc(cc1[nH]2)[nH]5)C=C4)C=C3. The number of nitrogens with zero attached hydrogens (tertiary/aromatic N) is 4. The molecule has 0 saturated carbocycles. The molecule has 10 rings (SSSR count). The second-order valence-corrected chi connectivity index (χ2v) is 16.8. The van der Waals surface area contributed by atoms with Gasteiger partial charge in [-0.15, -0.1) is 0 Å². The van der Waals surface area contributed by atoms with Crippen LogP contribution in [0.1, 0.15) is 77.5 Å². The number of hydrogen-bond acceptors (Lipinski definition) is 9. The number of aliphatic imine (C=N–C) groups is 2. The maximum atomic E-state index is 12.4. The van der Waals surface area contributed by atoms with E-state index in [2.05, 4.69) is 63.2 Å². The van der Waals surface area contributed by atoms with Gasteiger partial charge in [-0.2, -0.15) is 0 Å². The highest BCUT2D eigenvalue weighted by Crippen LogP contribution is 2.47. The molecule has 64 heavy (non-hydrogen) atoms. The standard InChI is InChI=1S/C32H36N4O4.C20H14N4/c1-19-17-31(4)18-25-10-9-23(34-25)15-22-7-8-24(33-22)16-27-20(2)26(11-12-28(37)39-5)32(35-27,14-13-29(38)40-6)21(3)30(19)36-31;1-2-14-10-16-5-6-18(23-16)12-20-8-7-19(24-20)11-17-4-3-15(22-17)9-13(1)21-14/h7-10,15-18,33,36H,11-14H2,1-6H3;1-12,21-22H/i;1D. The summed E-state index contributed by atoms with van der Waals surface area (Å²) in [6, 6.07) is 18.1. The van der Waals surface area contributed by atoms with E-state index in [-0.39, 0.29) is 24.8 Å². The van der Waals surface area contributed by atoms with E-state index in [1.807, 2.05) is 110 Å². The monoisotopic (exact) mass is 851 g/mol. The number of ether oxygens (including phenoxy) is 2. The molecule has 6 aliphatic rings. The third kappa shape index (κ3) is 8.72. The smallest absolute Gasteiger partial charge is 0.305 e. The number of carbonyl (C=O) groups is 2. The number of allylic oxidation sites excluding steroid dienone is 4. The van der Waals surface area contributed by atoms with Crippen LogP contribution in [0.3, 0.4) is 0 Å². The Morgan fingerprint density at radius 2 is 1.33 bits per heavy atom. The highest BCUT2D eigenvalue weighted by Gasteiger charge is 2.45. The average molecular weight is 852 g/mol. The van der Waals surface area contributed by atoms with Gasteiger partial charge in [0.25, 0.3) is 0 Å². The van der Waals surface area contributed by atoms with Crippen molar-refractivity contribution >= 4 is 81.9 Å². The van der Waals surface area contributed by atoms with E-state index in [1.165, 1.54) is 14.2 Å². The van der Waals surface area contributed by atoms with Crippen LogP contribution in [-0.4, -0.2) is 73.6 Å². The number of carbonyl (C=O) groups excluding carboxylic acids is 2. The van der Waals surface area contributed by atoms with Crippen LogP contribution in [0.25, 0.3) is 58.5 Å². The van der Waals surface area contributed by atoms with Crippen molar-refractivity contribution in [3.8, 4) is 0 Å². The number of H-pyrrole nitrogens is 3. The van der Waals surface area contributed by atoms with Gasteiger partial charge in [-0.1, -0.05) is 6.08 Å². The van der Waals surface area contributed by atoms with Crippen LogP contribution in [0, 0.1) is 0 Å². The van der Waals surface area contributed by atoms with E-state index in [0.29, 0.717) is 18.9 Å². The van der Waals surface area contributed by atoms with Crippen molar-refractivity contribution in [3.05, 3.63) is 152 Å². The van der Waals surface area contributed by atoms with Crippen molar-refractivity contribution in [1.82, 2.24) is 30.2 Å². The highest BCUT2D eigenvalue weighted by molar-refractivity contribution is 6.23. The second-order valence-electron chi connectivity index (χ2n) is 16.8. The quantitative estimate of drug-likeness (QED) is 0.123. The Hall–Kier alpha value is -7.60. The molecule has 4 aromatic heterocycles. The molecule has 6 aliphatic heterocycles. The Morgan fingerprint density at radius 3 is 2.03 bits per heavy atom. The van der Waals surface area contributed by atoms with Crippen molar-refractivity contribution in [1.29, 1.82) is 0 Å². The first-order valence-electron chi connectivity index (χ1n) is 21.8. The van der Waals surface area contributed by atoms with Gasteiger partial charge in [-0.3, -0.25) is 14.6 Å². The third-order valence-electron chi connectivity index (χ3n) is 12.1. The lowest BCUT2D eigenvalue weighted by Gasteiger charge is -2.34. The van der Waals surface area contributed by atoms with Gasteiger partial charge in [-0.05, 0) is 178 Å². The van der Waals surface area contributed by atoms with Gasteiger partial charge >= 0.3 is 11.9 Å². The van der Waals surface area contributed by atoms with Crippen LogP contribution in [0.15, 0.2) is 129 Å². The van der Waals surface area contributed by atoms with Crippen molar-refractivity contribution in [2.75, 3.05) is 14.2 Å². The Kier molecular flexibility index (Phi) is 10.7. The minimum atomic E-state index is -0.842. The van der Waals surface area contributed by atoms with Crippen LogP contribution in [0.5, 0.6) is 0 Å². The molecule has 0 aliphatic carbocycles. The van der Waals surface area contributed by atoms with E-state index >= 15 is 0 Å². The zero-order chi connectivity index (χ0) is 45.5. The summed E-state index contributed by atoms with van der Waals surface area (Å²) in [5.41, 5.74) is 13.4. The maximum absolute atomic E-state index is 12.4. The number of methoxy groups -OCH3 is 2. The number of fused-ring (bicyclic) bond motifs is 14. The number of aromatic nitrogens is 5. The summed E-state index contributed by atoms with van der Waals surface area (Å²) in [5, 5.41) is 5.57. The van der Waals surface area contributed by atoms with Crippen LogP contribution < -0.4 is 16.0 Å². The summed E-state index contributed by atoms with van der Waals surface area (Å²) in [7, 11) is 2.80. The van der Waals surface area contributed by atoms with E-state index < -0.39 is 11.1 Å². The van der Waals surface area contributed by atoms with Crippen molar-refractivity contribution in [3.63, 3.8) is 0 Å². The van der Waals surface area contributed by atoms with Gasteiger partial charge in [-0.25, -0.2) is 15.0 Å². The van der Waals surface area contributed by atoms with Crippen LogP contribution >= 0.6 is 0 Å². The van der Waals surface area contributed by atoms with Crippen LogP contribution in [0.2, 0.25) is 0 Å². The zero-order valence-electron chi connectivity index (χ0n) is 37.7. The van der Waals surface area contributed by atoms with E-state index in [4.69, 9.17) is 20.8 Å². The van der Waals surface area contributed by atoms with Crippen LogP contribution in [0.4, 0.5) is 0 Å². The van der Waals surface area contributed by atoms with Gasteiger partial charge in [0, 0.05) is 51.3 Å². The Balaban J connectivity index is 0.000000181. The fraction of sp³-hybridized carbons (Fsp3) is 0.231. The first-order chi connectivity index (χ1) is 31.3. The summed E-state index contributed by atoms with van der Waals surface area (Å²) in [6.45, 7) is 8.32. The molecule has 0 spiro atoms.